The van der Waals surface area contributed by atoms with E-state index >= 15 is 0 Å². The Morgan fingerprint density at radius 3 is 1.40 bits per heavy atom. The minimum absolute atomic E-state index is 1.20. The van der Waals surface area contributed by atoms with Crippen molar-refractivity contribution in [2.75, 3.05) is 0 Å². The van der Waals surface area contributed by atoms with Crippen LogP contribution in [0.15, 0.2) is 12.7 Å². The number of rotatable bonds is 17. The summed E-state index contributed by atoms with van der Waals surface area (Å²) in [6.07, 6.45) is 26.9. The van der Waals surface area contributed by atoms with Gasteiger partial charge in [0, 0.05) is 0 Å². The van der Waals surface area contributed by atoms with Gasteiger partial charge >= 0.3 is 0 Å². The van der Waals surface area contributed by atoms with Crippen LogP contribution in [0, 0.1) is 6.42 Å². The Morgan fingerprint density at radius 1 is 0.550 bits per heavy atom. The average molecular weight is 280 g/mol. The predicted molar refractivity (Wildman–Crippen MR) is 94.0 cm³/mol. The van der Waals surface area contributed by atoms with E-state index in [0.717, 1.165) is 0 Å². The van der Waals surface area contributed by atoms with Gasteiger partial charge in [-0.15, -0.1) is 6.58 Å². The van der Waals surface area contributed by atoms with E-state index in [1.54, 1.807) is 0 Å². The zero-order chi connectivity index (χ0) is 14.7. The Balaban J connectivity index is 2.90. The highest BCUT2D eigenvalue weighted by Crippen LogP contribution is 2.13. The molecule has 0 heterocycles. The van der Waals surface area contributed by atoms with Crippen molar-refractivity contribution in [1.29, 1.82) is 0 Å². The lowest BCUT2D eigenvalue weighted by Gasteiger charge is -2.03. The summed E-state index contributed by atoms with van der Waals surface area (Å²) in [6.45, 7) is 6.05. The third-order valence-corrected chi connectivity index (χ3v) is 4.08. The van der Waals surface area contributed by atoms with Gasteiger partial charge in [0.05, 0.1) is 0 Å². The molecule has 119 valence electrons. The van der Waals surface area contributed by atoms with E-state index in [0.29, 0.717) is 0 Å². The fourth-order valence-corrected chi connectivity index (χ4v) is 2.67. The molecule has 0 nitrogen and oxygen atoms in total. The van der Waals surface area contributed by atoms with Crippen LogP contribution in [0.4, 0.5) is 0 Å². The maximum Gasteiger partial charge on any atom is -0.0353 e. The van der Waals surface area contributed by atoms with Crippen molar-refractivity contribution < 1.29 is 0 Å². The van der Waals surface area contributed by atoms with E-state index in [4.69, 9.17) is 0 Å². The van der Waals surface area contributed by atoms with Gasteiger partial charge in [0.1, 0.15) is 0 Å². The number of hydrogen-bond acceptors (Lipinski definition) is 0. The summed E-state index contributed by atoms with van der Waals surface area (Å²) < 4.78 is 0. The number of hydrogen-bond donors (Lipinski definition) is 0. The summed E-state index contributed by atoms with van der Waals surface area (Å²) in [4.78, 5) is 0. The molecule has 0 amide bonds. The largest absolute Gasteiger partial charge is 0.103 e. The third-order valence-electron chi connectivity index (χ3n) is 4.08. The molecule has 0 aliphatic rings. The second kappa shape index (κ2) is 18.7. The minimum atomic E-state index is 1.20. The van der Waals surface area contributed by atoms with Crippen molar-refractivity contribution in [1.82, 2.24) is 0 Å². The second-order valence-electron chi connectivity index (χ2n) is 6.19. The Labute approximate surface area is 129 Å². The molecular weight excluding hydrogens is 240 g/mol. The summed E-state index contributed by atoms with van der Waals surface area (Å²) >= 11 is 0. The van der Waals surface area contributed by atoms with Crippen LogP contribution in [0.3, 0.4) is 0 Å². The summed E-state index contributed by atoms with van der Waals surface area (Å²) in [7, 11) is 0. The van der Waals surface area contributed by atoms with Crippen molar-refractivity contribution >= 4 is 0 Å². The van der Waals surface area contributed by atoms with Crippen LogP contribution in [0.5, 0.6) is 0 Å². The monoisotopic (exact) mass is 279 g/mol. The maximum absolute atomic E-state index is 3.76. The van der Waals surface area contributed by atoms with Crippen LogP contribution >= 0.6 is 0 Å². The Kier molecular flexibility index (Phi) is 18.5. The van der Waals surface area contributed by atoms with Gasteiger partial charge in [-0.25, -0.2) is 0 Å². The van der Waals surface area contributed by atoms with Crippen molar-refractivity contribution in [2.45, 2.75) is 110 Å². The van der Waals surface area contributed by atoms with E-state index in [2.05, 4.69) is 19.9 Å². The normalized spacial score (nSPS) is 10.8. The fourth-order valence-electron chi connectivity index (χ4n) is 2.67. The molecule has 0 aromatic carbocycles. The molecule has 0 spiro atoms. The van der Waals surface area contributed by atoms with E-state index in [1.807, 2.05) is 6.08 Å². The lowest BCUT2D eigenvalue weighted by Crippen LogP contribution is -1.84. The van der Waals surface area contributed by atoms with Crippen LogP contribution in [-0.4, -0.2) is 0 Å². The molecule has 0 saturated heterocycles. The lowest BCUT2D eigenvalue weighted by molar-refractivity contribution is 0.559. The quantitative estimate of drug-likeness (QED) is 0.189. The molecule has 0 aromatic rings. The first-order chi connectivity index (χ1) is 9.91. The Hall–Kier alpha value is -0.260. The summed E-state index contributed by atoms with van der Waals surface area (Å²) in [5, 5.41) is 0. The molecule has 0 atom stereocenters. The van der Waals surface area contributed by atoms with Gasteiger partial charge < -0.3 is 0 Å². The SMILES string of the molecule is C=CCCCCCC[CH]CCCCCCCCCCC. The van der Waals surface area contributed by atoms with Gasteiger partial charge in [-0.1, -0.05) is 103 Å². The molecule has 0 aromatic heterocycles. The maximum atomic E-state index is 3.76. The molecule has 0 saturated carbocycles. The molecule has 0 fully saturated rings. The van der Waals surface area contributed by atoms with Crippen LogP contribution in [-0.2, 0) is 0 Å². The summed E-state index contributed by atoms with van der Waals surface area (Å²) in [6, 6.07) is 0. The van der Waals surface area contributed by atoms with Crippen molar-refractivity contribution in [2.24, 2.45) is 0 Å². The lowest BCUT2D eigenvalue weighted by atomic mass is 10.0. The molecule has 1 radical (unpaired) electrons. The Bertz CT molecular complexity index is 171. The van der Waals surface area contributed by atoms with Crippen LogP contribution < -0.4 is 0 Å². The van der Waals surface area contributed by atoms with E-state index in [9.17, 15) is 0 Å². The number of allylic oxidation sites excluding steroid dienone is 1. The fraction of sp³-hybridized carbons (Fsp3) is 0.850. The van der Waals surface area contributed by atoms with Gasteiger partial charge in [-0.3, -0.25) is 0 Å². The first kappa shape index (κ1) is 19.7. The van der Waals surface area contributed by atoms with Gasteiger partial charge in [-0.2, -0.15) is 0 Å². The van der Waals surface area contributed by atoms with Gasteiger partial charge in [0.2, 0.25) is 0 Å². The first-order valence-electron chi connectivity index (χ1n) is 9.34. The van der Waals surface area contributed by atoms with Crippen molar-refractivity contribution in [3.8, 4) is 0 Å². The van der Waals surface area contributed by atoms with Crippen LogP contribution in [0.25, 0.3) is 0 Å². The molecule has 20 heavy (non-hydrogen) atoms. The highest BCUT2D eigenvalue weighted by molar-refractivity contribution is 4.67. The van der Waals surface area contributed by atoms with Crippen LogP contribution in [0.2, 0.25) is 0 Å². The molecule has 0 unspecified atom stereocenters. The smallest absolute Gasteiger partial charge is 0.0353 e. The average Bonchev–Trinajstić information content (AvgIpc) is 2.47. The molecule has 0 heteroatoms. The summed E-state index contributed by atoms with van der Waals surface area (Å²) in [5.74, 6) is 0. The number of unbranched alkanes of at least 4 members (excludes halogenated alkanes) is 16. The van der Waals surface area contributed by atoms with E-state index in [1.165, 1.54) is 103 Å². The predicted octanol–water partition coefficient (Wildman–Crippen LogP) is 7.64. The molecular formula is C20H39. The summed E-state index contributed by atoms with van der Waals surface area (Å²) in [5.41, 5.74) is 0. The Morgan fingerprint density at radius 2 is 0.950 bits per heavy atom. The third kappa shape index (κ3) is 17.7. The highest BCUT2D eigenvalue weighted by atomic mass is 14.0. The minimum Gasteiger partial charge on any atom is -0.103 e. The van der Waals surface area contributed by atoms with Gasteiger partial charge in [0.25, 0.3) is 0 Å². The van der Waals surface area contributed by atoms with Crippen molar-refractivity contribution in [3.05, 3.63) is 19.1 Å². The molecule has 0 aliphatic carbocycles. The van der Waals surface area contributed by atoms with E-state index < -0.39 is 0 Å². The zero-order valence-electron chi connectivity index (χ0n) is 14.2. The van der Waals surface area contributed by atoms with Gasteiger partial charge in [-0.05, 0) is 19.3 Å². The molecule has 0 N–H and O–H groups in total. The van der Waals surface area contributed by atoms with Gasteiger partial charge in [0.15, 0.2) is 0 Å². The topological polar surface area (TPSA) is 0 Å². The highest BCUT2D eigenvalue weighted by Gasteiger charge is 1.94. The molecule has 0 bridgehead atoms. The standard InChI is InChI=1S/C20H39/c1-3-5-7-9-11-13-15-17-19-20-18-16-14-12-10-8-6-4-2/h3,17H,1,4-16,18-20H2,2H3. The zero-order valence-corrected chi connectivity index (χ0v) is 14.2. The first-order valence-corrected chi connectivity index (χ1v) is 9.34. The van der Waals surface area contributed by atoms with Crippen molar-refractivity contribution in [3.63, 3.8) is 0 Å². The van der Waals surface area contributed by atoms with E-state index in [-0.39, 0.29) is 0 Å². The molecule has 0 rings (SSSR count). The second-order valence-corrected chi connectivity index (χ2v) is 6.19. The molecule has 0 aliphatic heterocycles. The van der Waals surface area contributed by atoms with Crippen LogP contribution in [0.1, 0.15) is 110 Å².